The molecular formula is C26H26N4OS. The van der Waals surface area contributed by atoms with Crippen LogP contribution in [0.25, 0.3) is 5.69 Å². The molecule has 0 radical (unpaired) electrons. The maximum Gasteiger partial charge on any atom is 0.170 e. The Hall–Kier alpha value is -3.38. The quantitative estimate of drug-likeness (QED) is 0.410. The highest BCUT2D eigenvalue weighted by Crippen LogP contribution is 2.44. The number of nitrogens with one attached hydrogen (secondary N) is 1. The minimum Gasteiger partial charge on any atom is -0.467 e. The van der Waals surface area contributed by atoms with Gasteiger partial charge < -0.3 is 19.2 Å². The van der Waals surface area contributed by atoms with E-state index in [1.165, 1.54) is 22.5 Å². The summed E-state index contributed by atoms with van der Waals surface area (Å²) in [6.45, 7) is 7.19. The van der Waals surface area contributed by atoms with Crippen LogP contribution in [0.4, 0.5) is 0 Å². The summed E-state index contributed by atoms with van der Waals surface area (Å²) in [6.07, 6.45) is 3.55. The largest absolute Gasteiger partial charge is 0.467 e. The Morgan fingerprint density at radius 3 is 2.44 bits per heavy atom. The lowest BCUT2D eigenvalue weighted by Gasteiger charge is -2.28. The molecule has 0 unspecified atom stereocenters. The van der Waals surface area contributed by atoms with Gasteiger partial charge >= 0.3 is 0 Å². The lowest BCUT2D eigenvalue weighted by atomic mass is 9.93. The molecule has 162 valence electrons. The Labute approximate surface area is 193 Å². The number of para-hydroxylation sites is 1. The zero-order valence-corrected chi connectivity index (χ0v) is 19.3. The molecule has 3 aromatic heterocycles. The summed E-state index contributed by atoms with van der Waals surface area (Å²) in [6, 6.07) is 20.4. The van der Waals surface area contributed by atoms with Crippen molar-refractivity contribution in [2.75, 3.05) is 0 Å². The summed E-state index contributed by atoms with van der Waals surface area (Å²) in [4.78, 5) is 6.90. The zero-order valence-electron chi connectivity index (χ0n) is 18.4. The van der Waals surface area contributed by atoms with Gasteiger partial charge in [-0.1, -0.05) is 24.3 Å². The van der Waals surface area contributed by atoms with E-state index in [0.717, 1.165) is 17.1 Å². The standard InChI is InChI=1S/C26H26N4OS/c1-17-18(2)30(20-10-5-4-6-11-20)19(3)23(17)25-24(22-13-7-8-14-27-22)28-26(32)29(25)16-21-12-9-15-31-21/h4-15,24-25H,16H2,1-3H3,(H,28,32)/t24-,25+/m0/s1. The number of nitrogens with zero attached hydrogens (tertiary/aromatic N) is 3. The van der Waals surface area contributed by atoms with Crippen molar-refractivity contribution in [3.8, 4) is 5.69 Å². The molecule has 1 saturated heterocycles. The van der Waals surface area contributed by atoms with Crippen molar-refractivity contribution in [1.82, 2.24) is 19.8 Å². The van der Waals surface area contributed by atoms with E-state index in [-0.39, 0.29) is 12.1 Å². The Bertz CT molecular complexity index is 1230. The predicted molar refractivity (Wildman–Crippen MR) is 130 cm³/mol. The minimum absolute atomic E-state index is 0.00818. The van der Waals surface area contributed by atoms with Crippen LogP contribution in [0.3, 0.4) is 0 Å². The molecule has 0 bridgehead atoms. The molecule has 1 N–H and O–H groups in total. The Morgan fingerprint density at radius 1 is 0.969 bits per heavy atom. The number of thiocarbonyl (C=S) groups is 1. The van der Waals surface area contributed by atoms with Gasteiger partial charge in [-0.15, -0.1) is 0 Å². The summed E-state index contributed by atoms with van der Waals surface area (Å²) in [5.41, 5.74) is 7.14. The Kier molecular flexibility index (Phi) is 5.31. The third-order valence-corrected chi connectivity index (χ3v) is 6.77. The fourth-order valence-corrected chi connectivity index (χ4v) is 5.17. The highest BCUT2D eigenvalue weighted by molar-refractivity contribution is 7.80. The third kappa shape index (κ3) is 3.41. The zero-order chi connectivity index (χ0) is 22.2. The van der Waals surface area contributed by atoms with Crippen molar-refractivity contribution < 1.29 is 4.42 Å². The molecule has 0 aliphatic carbocycles. The molecule has 1 aromatic carbocycles. The molecule has 1 fully saturated rings. The van der Waals surface area contributed by atoms with Gasteiger partial charge in [0.25, 0.3) is 0 Å². The first-order valence-corrected chi connectivity index (χ1v) is 11.2. The number of aromatic nitrogens is 2. The normalized spacial score (nSPS) is 18.2. The van der Waals surface area contributed by atoms with Crippen molar-refractivity contribution in [3.63, 3.8) is 0 Å². The SMILES string of the molecule is Cc1c([C@@H]2[C@H](c3ccccn3)NC(=S)N2Cc2ccco2)c(C)n(-c2ccccc2)c1C. The summed E-state index contributed by atoms with van der Waals surface area (Å²) in [5.74, 6) is 0.885. The van der Waals surface area contributed by atoms with Crippen molar-refractivity contribution in [3.05, 3.63) is 107 Å². The highest BCUT2D eigenvalue weighted by atomic mass is 32.1. The molecule has 4 heterocycles. The van der Waals surface area contributed by atoms with E-state index in [0.29, 0.717) is 11.7 Å². The topological polar surface area (TPSA) is 46.2 Å². The van der Waals surface area contributed by atoms with Gasteiger partial charge in [0, 0.05) is 28.8 Å². The molecule has 5 nitrogen and oxygen atoms in total. The smallest absolute Gasteiger partial charge is 0.170 e. The van der Waals surface area contributed by atoms with Crippen LogP contribution in [0.1, 0.15) is 46.1 Å². The molecular weight excluding hydrogens is 416 g/mol. The second-order valence-corrected chi connectivity index (χ2v) is 8.60. The molecule has 1 aliphatic heterocycles. The van der Waals surface area contributed by atoms with Crippen LogP contribution in [0.2, 0.25) is 0 Å². The average Bonchev–Trinajstić information content (AvgIpc) is 3.49. The second kappa shape index (κ2) is 8.28. The molecule has 4 aromatic rings. The van der Waals surface area contributed by atoms with E-state index in [1.807, 2.05) is 36.5 Å². The van der Waals surface area contributed by atoms with Crippen LogP contribution in [0, 0.1) is 20.8 Å². The minimum atomic E-state index is -0.0536. The average molecular weight is 443 g/mol. The van der Waals surface area contributed by atoms with Gasteiger partial charge in [-0.3, -0.25) is 4.98 Å². The summed E-state index contributed by atoms with van der Waals surface area (Å²) in [7, 11) is 0. The monoisotopic (exact) mass is 442 g/mol. The van der Waals surface area contributed by atoms with Gasteiger partial charge in [0.05, 0.1) is 30.6 Å². The maximum absolute atomic E-state index is 5.83. The van der Waals surface area contributed by atoms with E-state index < -0.39 is 0 Å². The van der Waals surface area contributed by atoms with Gasteiger partial charge in [0.1, 0.15) is 5.76 Å². The molecule has 0 amide bonds. The van der Waals surface area contributed by atoms with Gasteiger partial charge in [-0.25, -0.2) is 0 Å². The molecule has 1 aliphatic rings. The van der Waals surface area contributed by atoms with Crippen LogP contribution in [0.5, 0.6) is 0 Å². The first-order valence-electron chi connectivity index (χ1n) is 10.8. The fraction of sp³-hybridized carbons (Fsp3) is 0.231. The molecule has 6 heteroatoms. The lowest BCUT2D eigenvalue weighted by molar-refractivity contribution is 0.285. The van der Waals surface area contributed by atoms with Crippen molar-refractivity contribution in [2.45, 2.75) is 39.4 Å². The Morgan fingerprint density at radius 2 is 1.75 bits per heavy atom. The van der Waals surface area contributed by atoms with Gasteiger partial charge in [0.2, 0.25) is 0 Å². The van der Waals surface area contributed by atoms with Crippen LogP contribution >= 0.6 is 12.2 Å². The number of hydrogen-bond donors (Lipinski definition) is 1. The molecule has 0 spiro atoms. The molecule has 32 heavy (non-hydrogen) atoms. The van der Waals surface area contributed by atoms with Crippen LogP contribution in [-0.2, 0) is 6.54 Å². The van der Waals surface area contributed by atoms with Gasteiger partial charge in [-0.05, 0) is 75.0 Å². The van der Waals surface area contributed by atoms with Crippen molar-refractivity contribution >= 4 is 17.3 Å². The van der Waals surface area contributed by atoms with E-state index >= 15 is 0 Å². The molecule has 0 saturated carbocycles. The van der Waals surface area contributed by atoms with E-state index in [1.54, 1.807) is 6.26 Å². The van der Waals surface area contributed by atoms with E-state index in [4.69, 9.17) is 16.6 Å². The maximum atomic E-state index is 5.83. The van der Waals surface area contributed by atoms with Crippen molar-refractivity contribution in [2.24, 2.45) is 0 Å². The van der Waals surface area contributed by atoms with Gasteiger partial charge in [-0.2, -0.15) is 0 Å². The lowest BCUT2D eigenvalue weighted by Crippen LogP contribution is -2.29. The Balaban J connectivity index is 1.67. The van der Waals surface area contributed by atoms with Crippen LogP contribution in [0.15, 0.2) is 77.5 Å². The van der Waals surface area contributed by atoms with Crippen LogP contribution in [-0.4, -0.2) is 19.6 Å². The van der Waals surface area contributed by atoms with Gasteiger partial charge in [0.15, 0.2) is 5.11 Å². The first-order chi connectivity index (χ1) is 15.6. The first kappa shape index (κ1) is 20.5. The number of rotatable bonds is 5. The fourth-order valence-electron chi connectivity index (χ4n) is 4.87. The predicted octanol–water partition coefficient (Wildman–Crippen LogP) is 5.56. The van der Waals surface area contributed by atoms with Crippen molar-refractivity contribution in [1.29, 1.82) is 0 Å². The second-order valence-electron chi connectivity index (χ2n) is 8.21. The summed E-state index contributed by atoms with van der Waals surface area (Å²) < 4.78 is 8.02. The molecule has 5 rings (SSSR count). The molecule has 2 atom stereocenters. The summed E-state index contributed by atoms with van der Waals surface area (Å²) in [5, 5.41) is 4.26. The van der Waals surface area contributed by atoms with Crippen LogP contribution < -0.4 is 5.32 Å². The van der Waals surface area contributed by atoms with E-state index in [9.17, 15) is 0 Å². The number of pyridine rings is 1. The number of benzene rings is 1. The third-order valence-electron chi connectivity index (χ3n) is 6.42. The summed E-state index contributed by atoms with van der Waals surface area (Å²) >= 11 is 5.83. The van der Waals surface area contributed by atoms with E-state index in [2.05, 4.69) is 70.9 Å². The highest BCUT2D eigenvalue weighted by Gasteiger charge is 2.42. The number of furan rings is 1. The number of hydrogen-bond acceptors (Lipinski definition) is 3.